The second-order valence-corrected chi connectivity index (χ2v) is 6.28. The lowest BCUT2D eigenvalue weighted by Crippen LogP contribution is -2.29. The lowest BCUT2D eigenvalue weighted by atomic mass is 10.2. The van der Waals surface area contributed by atoms with Crippen molar-refractivity contribution in [3.63, 3.8) is 0 Å². The summed E-state index contributed by atoms with van der Waals surface area (Å²) < 4.78 is 11.1. The van der Waals surface area contributed by atoms with E-state index in [2.05, 4.69) is 10.3 Å². The summed E-state index contributed by atoms with van der Waals surface area (Å²) in [7, 11) is 0. The van der Waals surface area contributed by atoms with Crippen LogP contribution >= 0.6 is 36.2 Å². The van der Waals surface area contributed by atoms with Crippen LogP contribution in [-0.4, -0.2) is 36.7 Å². The summed E-state index contributed by atoms with van der Waals surface area (Å²) in [6.45, 7) is 3.57. The Bertz CT molecular complexity index is 710. The highest BCUT2D eigenvalue weighted by Crippen LogP contribution is 2.35. The predicted octanol–water partition coefficient (Wildman–Crippen LogP) is 2.89. The monoisotopic (exact) mass is 405 g/mol. The Labute approximate surface area is 162 Å². The number of thiazole rings is 1. The van der Waals surface area contributed by atoms with Crippen molar-refractivity contribution in [3.05, 3.63) is 29.3 Å². The minimum Gasteiger partial charge on any atom is -0.486 e. The standard InChI is InChI=1S/C16H19N3O3S.2ClH/c1-10(17)4-5-18-15(20)12-9-23-16(19-12)11-2-3-13-14(8-11)22-7-6-21-13;;/h2-3,8-10H,4-7,17H2,1H3,(H,18,20);2*1H. The highest BCUT2D eigenvalue weighted by molar-refractivity contribution is 7.13. The van der Waals surface area contributed by atoms with Gasteiger partial charge in [-0.2, -0.15) is 0 Å². The largest absolute Gasteiger partial charge is 0.486 e. The average molecular weight is 406 g/mol. The van der Waals surface area contributed by atoms with E-state index in [0.29, 0.717) is 31.2 Å². The molecule has 1 unspecified atom stereocenters. The van der Waals surface area contributed by atoms with Gasteiger partial charge in [0.15, 0.2) is 11.5 Å². The first-order valence-corrected chi connectivity index (χ1v) is 8.41. The predicted molar refractivity (Wildman–Crippen MR) is 104 cm³/mol. The molecule has 1 amide bonds. The maximum Gasteiger partial charge on any atom is 0.270 e. The van der Waals surface area contributed by atoms with E-state index in [1.165, 1.54) is 11.3 Å². The molecule has 0 saturated carbocycles. The minimum atomic E-state index is -0.175. The average Bonchev–Trinajstić information content (AvgIpc) is 3.04. The summed E-state index contributed by atoms with van der Waals surface area (Å²) >= 11 is 1.43. The Kier molecular flexibility index (Phi) is 8.44. The van der Waals surface area contributed by atoms with Crippen molar-refractivity contribution in [1.82, 2.24) is 10.3 Å². The molecule has 3 N–H and O–H groups in total. The molecule has 138 valence electrons. The number of nitrogens with zero attached hydrogens (tertiary/aromatic N) is 1. The normalized spacial score (nSPS) is 13.2. The summed E-state index contributed by atoms with van der Waals surface area (Å²) in [5.41, 5.74) is 7.00. The molecular formula is C16H21Cl2N3O3S. The number of halogens is 2. The third-order valence-electron chi connectivity index (χ3n) is 3.41. The van der Waals surface area contributed by atoms with Crippen LogP contribution in [-0.2, 0) is 0 Å². The van der Waals surface area contributed by atoms with Crippen molar-refractivity contribution in [1.29, 1.82) is 0 Å². The molecule has 9 heteroatoms. The molecule has 2 aromatic rings. The van der Waals surface area contributed by atoms with Gasteiger partial charge in [-0.25, -0.2) is 4.98 Å². The summed E-state index contributed by atoms with van der Waals surface area (Å²) in [4.78, 5) is 16.5. The molecule has 1 aliphatic rings. The summed E-state index contributed by atoms with van der Waals surface area (Å²) in [5, 5.41) is 5.36. The van der Waals surface area contributed by atoms with Crippen molar-refractivity contribution < 1.29 is 14.3 Å². The molecule has 25 heavy (non-hydrogen) atoms. The first kappa shape index (κ1) is 21.5. The molecule has 0 radical (unpaired) electrons. The van der Waals surface area contributed by atoms with E-state index in [1.54, 1.807) is 5.38 Å². The zero-order valence-corrected chi connectivity index (χ0v) is 16.1. The van der Waals surface area contributed by atoms with Gasteiger partial charge in [-0.3, -0.25) is 4.79 Å². The lowest BCUT2D eigenvalue weighted by molar-refractivity contribution is 0.0948. The van der Waals surface area contributed by atoms with Crippen LogP contribution in [0.15, 0.2) is 23.6 Å². The van der Waals surface area contributed by atoms with Crippen LogP contribution in [0.4, 0.5) is 0 Å². The van der Waals surface area contributed by atoms with Crippen LogP contribution < -0.4 is 20.5 Å². The van der Waals surface area contributed by atoms with Gasteiger partial charge in [0.2, 0.25) is 0 Å². The number of hydrogen-bond donors (Lipinski definition) is 2. The third-order valence-corrected chi connectivity index (χ3v) is 4.30. The van der Waals surface area contributed by atoms with E-state index in [1.807, 2.05) is 25.1 Å². The van der Waals surface area contributed by atoms with Crippen LogP contribution in [0.2, 0.25) is 0 Å². The Morgan fingerprint density at radius 3 is 2.76 bits per heavy atom. The number of benzene rings is 1. The van der Waals surface area contributed by atoms with Gasteiger partial charge in [-0.15, -0.1) is 36.2 Å². The number of ether oxygens (including phenoxy) is 2. The maximum atomic E-state index is 12.1. The van der Waals surface area contributed by atoms with Crippen molar-refractivity contribution in [2.24, 2.45) is 5.73 Å². The van der Waals surface area contributed by atoms with E-state index in [4.69, 9.17) is 15.2 Å². The minimum absolute atomic E-state index is 0. The molecule has 0 bridgehead atoms. The van der Waals surface area contributed by atoms with Crippen molar-refractivity contribution in [2.75, 3.05) is 19.8 Å². The second-order valence-electron chi connectivity index (χ2n) is 5.42. The van der Waals surface area contributed by atoms with Gasteiger partial charge in [0.1, 0.15) is 23.9 Å². The maximum absolute atomic E-state index is 12.1. The van der Waals surface area contributed by atoms with Crippen LogP contribution in [0.3, 0.4) is 0 Å². The third kappa shape index (κ3) is 5.47. The molecule has 1 aliphatic heterocycles. The van der Waals surface area contributed by atoms with Crippen molar-refractivity contribution in [2.45, 2.75) is 19.4 Å². The van der Waals surface area contributed by atoms with Gasteiger partial charge in [-0.1, -0.05) is 0 Å². The molecule has 1 aromatic heterocycles. The quantitative estimate of drug-likeness (QED) is 0.798. The molecule has 2 heterocycles. The Morgan fingerprint density at radius 1 is 1.32 bits per heavy atom. The zero-order valence-electron chi connectivity index (χ0n) is 13.7. The van der Waals surface area contributed by atoms with Crippen LogP contribution in [0.25, 0.3) is 10.6 Å². The fourth-order valence-corrected chi connectivity index (χ4v) is 2.99. The number of aromatic nitrogens is 1. The highest BCUT2D eigenvalue weighted by atomic mass is 35.5. The van der Waals surface area contributed by atoms with E-state index in [-0.39, 0.29) is 36.8 Å². The molecule has 1 atom stereocenters. The van der Waals surface area contributed by atoms with Gasteiger partial charge in [0.25, 0.3) is 5.91 Å². The molecular weight excluding hydrogens is 385 g/mol. The number of fused-ring (bicyclic) bond motifs is 1. The summed E-state index contributed by atoms with van der Waals surface area (Å²) in [6.07, 6.45) is 0.741. The molecule has 0 aliphatic carbocycles. The van der Waals surface area contributed by atoms with Gasteiger partial charge in [0, 0.05) is 23.5 Å². The van der Waals surface area contributed by atoms with Gasteiger partial charge in [-0.05, 0) is 31.5 Å². The lowest BCUT2D eigenvalue weighted by Gasteiger charge is -2.18. The zero-order chi connectivity index (χ0) is 16.2. The number of rotatable bonds is 5. The first-order valence-electron chi connectivity index (χ1n) is 7.53. The molecule has 0 saturated heterocycles. The smallest absolute Gasteiger partial charge is 0.270 e. The molecule has 6 nitrogen and oxygen atoms in total. The van der Waals surface area contributed by atoms with Crippen molar-refractivity contribution >= 4 is 42.1 Å². The number of carbonyl (C=O) groups excluding carboxylic acids is 1. The van der Waals surface area contributed by atoms with Crippen molar-refractivity contribution in [3.8, 4) is 22.1 Å². The Morgan fingerprint density at radius 2 is 2.04 bits per heavy atom. The SMILES string of the molecule is CC(N)CCNC(=O)c1csc(-c2ccc3c(c2)OCCO3)n1.Cl.Cl. The highest BCUT2D eigenvalue weighted by Gasteiger charge is 2.15. The van der Waals surface area contributed by atoms with Gasteiger partial charge in [0.05, 0.1) is 0 Å². The number of amides is 1. The fraction of sp³-hybridized carbons (Fsp3) is 0.375. The molecule has 1 aromatic carbocycles. The van der Waals surface area contributed by atoms with E-state index in [9.17, 15) is 4.79 Å². The molecule has 0 spiro atoms. The van der Waals surface area contributed by atoms with Crippen LogP contribution in [0, 0.1) is 0 Å². The van der Waals surface area contributed by atoms with E-state index >= 15 is 0 Å². The number of nitrogens with two attached hydrogens (primary N) is 1. The van der Waals surface area contributed by atoms with E-state index in [0.717, 1.165) is 22.7 Å². The van der Waals surface area contributed by atoms with E-state index < -0.39 is 0 Å². The Hall–Kier alpha value is -1.54. The summed E-state index contributed by atoms with van der Waals surface area (Å²) in [5.74, 6) is 1.28. The van der Waals surface area contributed by atoms with Gasteiger partial charge >= 0.3 is 0 Å². The fourth-order valence-electron chi connectivity index (χ4n) is 2.19. The Balaban J connectivity index is 0.00000156. The second kappa shape index (κ2) is 9.82. The first-order chi connectivity index (χ1) is 11.1. The van der Waals surface area contributed by atoms with Crippen LogP contribution in [0.1, 0.15) is 23.8 Å². The topological polar surface area (TPSA) is 86.5 Å². The van der Waals surface area contributed by atoms with Crippen LogP contribution in [0.5, 0.6) is 11.5 Å². The summed E-state index contributed by atoms with van der Waals surface area (Å²) in [6, 6.07) is 5.75. The molecule has 3 rings (SSSR count). The number of hydrogen-bond acceptors (Lipinski definition) is 6. The molecule has 0 fully saturated rings. The number of carbonyl (C=O) groups is 1. The number of nitrogens with one attached hydrogen (secondary N) is 1. The van der Waals surface area contributed by atoms with Gasteiger partial charge < -0.3 is 20.5 Å².